The zero-order valence-corrected chi connectivity index (χ0v) is 16.5. The second-order valence-corrected chi connectivity index (χ2v) is 7.47. The fourth-order valence-corrected chi connectivity index (χ4v) is 4.07. The van der Waals surface area contributed by atoms with Crippen molar-refractivity contribution in [3.05, 3.63) is 65.7 Å². The average Bonchev–Trinajstić information content (AvgIpc) is 3.08. The number of hydrogen-bond donors (Lipinski definition) is 0. The number of benzene rings is 2. The lowest BCUT2D eigenvalue weighted by molar-refractivity contribution is -0.116. The Balaban J connectivity index is 1.90. The Morgan fingerprint density at radius 1 is 0.893 bits per heavy atom. The summed E-state index contributed by atoms with van der Waals surface area (Å²) in [6.07, 6.45) is 0. The highest BCUT2D eigenvalue weighted by atomic mass is 32.2. The molecule has 0 spiro atoms. The smallest absolute Gasteiger partial charge is 0.245 e. The number of imidazole rings is 1. The van der Waals surface area contributed by atoms with E-state index in [1.165, 1.54) is 30.6 Å². The summed E-state index contributed by atoms with van der Waals surface area (Å²) in [5.41, 5.74) is 2.81. The maximum Gasteiger partial charge on any atom is 0.245 e. The van der Waals surface area contributed by atoms with Gasteiger partial charge >= 0.3 is 0 Å². The van der Waals surface area contributed by atoms with Crippen molar-refractivity contribution in [1.82, 2.24) is 9.55 Å². The van der Waals surface area contributed by atoms with Crippen LogP contribution in [0.2, 0.25) is 0 Å². The fraction of sp³-hybridized carbons (Fsp3) is 0.143. The quantitative estimate of drug-likeness (QED) is 0.653. The highest BCUT2D eigenvalue weighted by molar-refractivity contribution is 8.14. The van der Waals surface area contributed by atoms with Crippen LogP contribution >= 0.6 is 11.8 Å². The van der Waals surface area contributed by atoms with E-state index in [4.69, 9.17) is 0 Å². The van der Waals surface area contributed by atoms with Crippen molar-refractivity contribution in [1.29, 1.82) is 0 Å². The number of thioether (sulfide) groups is 1. The molecule has 1 amide bonds. The molecule has 2 aromatic carbocycles. The SMILES string of the molecule is CC(=O)N1N=C(c2ccc(C)cc2)Sc2c1nc(-c1ccccc1)n2C(C)=O. The van der Waals surface area contributed by atoms with Gasteiger partial charge in [-0.25, -0.2) is 4.98 Å². The van der Waals surface area contributed by atoms with Crippen molar-refractivity contribution >= 4 is 34.4 Å². The summed E-state index contributed by atoms with van der Waals surface area (Å²) in [5, 5.41) is 7.01. The van der Waals surface area contributed by atoms with Crippen molar-refractivity contribution in [3.8, 4) is 11.4 Å². The third-order valence-corrected chi connectivity index (χ3v) is 5.42. The molecule has 1 aromatic heterocycles. The van der Waals surface area contributed by atoms with Gasteiger partial charge in [0.25, 0.3) is 0 Å². The lowest BCUT2D eigenvalue weighted by Crippen LogP contribution is -2.28. The molecule has 28 heavy (non-hydrogen) atoms. The zero-order valence-electron chi connectivity index (χ0n) is 15.7. The predicted octanol–water partition coefficient (Wildman–Crippen LogP) is 4.34. The van der Waals surface area contributed by atoms with E-state index >= 15 is 0 Å². The van der Waals surface area contributed by atoms with Gasteiger partial charge in [0.15, 0.2) is 5.82 Å². The summed E-state index contributed by atoms with van der Waals surface area (Å²) in [4.78, 5) is 29.4. The molecule has 4 rings (SSSR count). The van der Waals surface area contributed by atoms with Crippen LogP contribution in [-0.2, 0) is 4.79 Å². The second kappa shape index (κ2) is 7.09. The lowest BCUT2D eigenvalue weighted by atomic mass is 10.2. The van der Waals surface area contributed by atoms with Gasteiger partial charge in [0.05, 0.1) is 0 Å². The third kappa shape index (κ3) is 3.14. The number of nitrogens with zero attached hydrogens (tertiary/aromatic N) is 4. The summed E-state index contributed by atoms with van der Waals surface area (Å²) in [6.45, 7) is 4.94. The number of fused-ring (bicyclic) bond motifs is 1. The Hall–Kier alpha value is -3.19. The van der Waals surface area contributed by atoms with E-state index in [9.17, 15) is 9.59 Å². The second-order valence-electron chi connectivity index (χ2n) is 6.49. The number of hydrogen-bond acceptors (Lipinski definition) is 5. The summed E-state index contributed by atoms with van der Waals surface area (Å²) in [7, 11) is 0. The molecule has 1 aliphatic heterocycles. The van der Waals surface area contributed by atoms with E-state index in [1.54, 1.807) is 4.57 Å². The monoisotopic (exact) mass is 390 g/mol. The first-order valence-electron chi connectivity index (χ1n) is 8.79. The summed E-state index contributed by atoms with van der Waals surface area (Å²) in [6, 6.07) is 17.3. The first-order chi connectivity index (χ1) is 13.5. The Morgan fingerprint density at radius 3 is 2.18 bits per heavy atom. The Kier molecular flexibility index (Phi) is 4.60. The number of carbonyl (C=O) groups excluding carboxylic acids is 2. The van der Waals surface area contributed by atoms with Crippen molar-refractivity contribution in [2.45, 2.75) is 25.8 Å². The predicted molar refractivity (Wildman–Crippen MR) is 111 cm³/mol. The molecule has 6 nitrogen and oxygen atoms in total. The summed E-state index contributed by atoms with van der Waals surface area (Å²) >= 11 is 1.34. The van der Waals surface area contributed by atoms with Crippen molar-refractivity contribution in [2.75, 3.05) is 5.01 Å². The van der Waals surface area contributed by atoms with Gasteiger partial charge in [0, 0.05) is 25.0 Å². The minimum atomic E-state index is -0.265. The van der Waals surface area contributed by atoms with Gasteiger partial charge in [0.1, 0.15) is 15.9 Å². The van der Waals surface area contributed by atoms with Gasteiger partial charge in [-0.15, -0.1) is 0 Å². The summed E-state index contributed by atoms with van der Waals surface area (Å²) in [5.74, 6) is 0.437. The number of aromatic nitrogens is 2. The topological polar surface area (TPSA) is 67.6 Å². The third-order valence-electron chi connectivity index (χ3n) is 4.35. The Labute approximate surface area is 166 Å². The molecule has 0 radical (unpaired) electrons. The lowest BCUT2D eigenvalue weighted by Gasteiger charge is -2.21. The molecule has 140 valence electrons. The van der Waals surface area contributed by atoms with E-state index in [-0.39, 0.29) is 11.8 Å². The van der Waals surface area contributed by atoms with E-state index in [1.807, 2.05) is 61.5 Å². The van der Waals surface area contributed by atoms with E-state index in [2.05, 4.69) is 10.1 Å². The molecule has 0 fully saturated rings. The van der Waals surface area contributed by atoms with Crippen LogP contribution in [0.1, 0.15) is 29.8 Å². The minimum Gasteiger partial charge on any atom is -0.274 e. The molecular formula is C21H18N4O2S. The van der Waals surface area contributed by atoms with Gasteiger partial charge in [-0.3, -0.25) is 14.2 Å². The first-order valence-corrected chi connectivity index (χ1v) is 9.60. The maximum atomic E-state index is 12.5. The first kappa shape index (κ1) is 18.2. The van der Waals surface area contributed by atoms with Crippen molar-refractivity contribution in [2.24, 2.45) is 5.10 Å². The van der Waals surface area contributed by atoms with Gasteiger partial charge in [-0.05, 0) is 18.7 Å². The molecule has 0 unspecified atom stereocenters. The Morgan fingerprint density at radius 2 is 1.57 bits per heavy atom. The standard InChI is InChI=1S/C21H18N4O2S/c1-13-9-11-17(12-10-13)20-23-25(15(3)27)19-21(28-20)24(14(2)26)18(22-19)16-7-5-4-6-8-16/h4-12H,1-3H3. The van der Waals surface area contributed by atoms with Gasteiger partial charge < -0.3 is 0 Å². The normalized spacial score (nSPS) is 13.1. The minimum absolute atomic E-state index is 0.172. The molecule has 0 bridgehead atoms. The fourth-order valence-electron chi connectivity index (χ4n) is 2.98. The molecule has 0 atom stereocenters. The maximum absolute atomic E-state index is 12.5. The molecule has 3 aromatic rings. The average molecular weight is 390 g/mol. The largest absolute Gasteiger partial charge is 0.274 e. The van der Waals surface area contributed by atoms with Crippen LogP contribution in [0, 0.1) is 6.92 Å². The van der Waals surface area contributed by atoms with Crippen LogP contribution in [0.4, 0.5) is 5.82 Å². The van der Waals surface area contributed by atoms with Gasteiger partial charge in [-0.2, -0.15) is 10.1 Å². The van der Waals surface area contributed by atoms with E-state index in [0.29, 0.717) is 21.7 Å². The van der Waals surface area contributed by atoms with Crippen LogP contribution in [0.3, 0.4) is 0 Å². The summed E-state index contributed by atoms with van der Waals surface area (Å²) < 4.78 is 1.55. The molecule has 7 heteroatoms. The van der Waals surface area contributed by atoms with Crippen LogP contribution in [0.25, 0.3) is 11.4 Å². The van der Waals surface area contributed by atoms with Crippen LogP contribution in [0.5, 0.6) is 0 Å². The molecule has 0 aliphatic carbocycles. The van der Waals surface area contributed by atoms with Crippen LogP contribution in [-0.4, -0.2) is 26.4 Å². The molecule has 0 saturated carbocycles. The van der Waals surface area contributed by atoms with E-state index < -0.39 is 0 Å². The molecule has 2 heterocycles. The zero-order chi connectivity index (χ0) is 19.8. The van der Waals surface area contributed by atoms with Crippen LogP contribution < -0.4 is 5.01 Å². The molecular weight excluding hydrogens is 372 g/mol. The molecule has 1 aliphatic rings. The molecule has 0 saturated heterocycles. The molecule has 0 N–H and O–H groups in total. The number of carbonyl (C=O) groups is 2. The van der Waals surface area contributed by atoms with Gasteiger partial charge in [-0.1, -0.05) is 60.2 Å². The van der Waals surface area contributed by atoms with E-state index in [0.717, 1.165) is 16.7 Å². The van der Waals surface area contributed by atoms with Crippen LogP contribution in [0.15, 0.2) is 64.7 Å². The number of aryl methyl sites for hydroxylation is 1. The highest BCUT2D eigenvalue weighted by Crippen LogP contribution is 2.40. The number of hydrazone groups is 1. The Bertz CT molecular complexity index is 1100. The highest BCUT2D eigenvalue weighted by Gasteiger charge is 2.32. The number of anilines is 1. The van der Waals surface area contributed by atoms with Crippen molar-refractivity contribution < 1.29 is 9.59 Å². The number of rotatable bonds is 2. The number of amides is 1. The van der Waals surface area contributed by atoms with Crippen molar-refractivity contribution in [3.63, 3.8) is 0 Å². The van der Waals surface area contributed by atoms with Gasteiger partial charge in [0.2, 0.25) is 11.8 Å².